The maximum atomic E-state index is 12.8. The van der Waals surface area contributed by atoms with Gasteiger partial charge in [-0.25, -0.2) is 0 Å². The number of ether oxygens (including phenoxy) is 3. The third-order valence-corrected chi connectivity index (χ3v) is 12.0. The molecule has 0 spiro atoms. The van der Waals surface area contributed by atoms with Crippen LogP contribution in [0.4, 0.5) is 0 Å². The van der Waals surface area contributed by atoms with Crippen molar-refractivity contribution in [1.29, 1.82) is 0 Å². The molecule has 0 aliphatic carbocycles. The Morgan fingerprint density at radius 3 is 0.954 bits per heavy atom. The summed E-state index contributed by atoms with van der Waals surface area (Å²) in [6, 6.07) is 0. The largest absolute Gasteiger partial charge is 0.462 e. The van der Waals surface area contributed by atoms with Crippen LogP contribution < -0.4 is 0 Å². The van der Waals surface area contributed by atoms with Gasteiger partial charge in [0.25, 0.3) is 0 Å². The van der Waals surface area contributed by atoms with E-state index in [9.17, 15) is 14.4 Å². The van der Waals surface area contributed by atoms with Crippen LogP contribution in [-0.2, 0) is 28.6 Å². The van der Waals surface area contributed by atoms with Gasteiger partial charge in [-0.2, -0.15) is 0 Å². The van der Waals surface area contributed by atoms with E-state index in [4.69, 9.17) is 14.2 Å². The summed E-state index contributed by atoms with van der Waals surface area (Å²) in [4.78, 5) is 38.1. The Hall–Kier alpha value is -2.89. The van der Waals surface area contributed by atoms with Crippen molar-refractivity contribution < 1.29 is 28.6 Å². The maximum absolute atomic E-state index is 12.8. The van der Waals surface area contributed by atoms with Gasteiger partial charge in [-0.05, 0) is 103 Å². The van der Waals surface area contributed by atoms with Crippen molar-refractivity contribution in [2.24, 2.45) is 0 Å². The molecule has 0 radical (unpaired) electrons. The van der Waals surface area contributed by atoms with Crippen LogP contribution >= 0.6 is 0 Å². The molecule has 0 aromatic heterocycles. The molecule has 1 atom stereocenters. The van der Waals surface area contributed by atoms with Crippen LogP contribution in [0.5, 0.6) is 0 Å². The maximum Gasteiger partial charge on any atom is 0.306 e. The van der Waals surface area contributed by atoms with E-state index in [-0.39, 0.29) is 31.1 Å². The molecule has 6 heteroatoms. The monoisotopic (exact) mass is 909 g/mol. The van der Waals surface area contributed by atoms with Crippen LogP contribution in [0.25, 0.3) is 0 Å². The molecule has 0 saturated heterocycles. The van der Waals surface area contributed by atoms with E-state index in [0.717, 1.165) is 109 Å². The van der Waals surface area contributed by atoms with Gasteiger partial charge in [0.15, 0.2) is 6.10 Å². The van der Waals surface area contributed by atoms with Crippen LogP contribution in [0.2, 0.25) is 0 Å². The quantitative estimate of drug-likeness (QED) is 0.0262. The molecule has 0 aliphatic heterocycles. The molecule has 0 fully saturated rings. The van der Waals surface area contributed by atoms with Gasteiger partial charge in [-0.3, -0.25) is 14.4 Å². The molecule has 0 aromatic carbocycles. The predicted molar refractivity (Wildman–Crippen MR) is 279 cm³/mol. The van der Waals surface area contributed by atoms with Gasteiger partial charge in [0.2, 0.25) is 0 Å². The molecule has 0 rings (SSSR count). The molecule has 0 aliphatic rings. The summed E-state index contributed by atoms with van der Waals surface area (Å²) < 4.78 is 16.8. The van der Waals surface area contributed by atoms with E-state index in [1.54, 1.807) is 0 Å². The highest BCUT2D eigenvalue weighted by atomic mass is 16.6. The van der Waals surface area contributed by atoms with Crippen LogP contribution in [0.15, 0.2) is 60.8 Å². The minimum atomic E-state index is -0.787. The second kappa shape index (κ2) is 53.7. The van der Waals surface area contributed by atoms with Gasteiger partial charge in [-0.1, -0.05) is 216 Å². The van der Waals surface area contributed by atoms with Crippen molar-refractivity contribution in [3.05, 3.63) is 60.8 Å². The first-order chi connectivity index (χ1) is 32.0. The molecular formula is C59H104O6. The smallest absolute Gasteiger partial charge is 0.306 e. The lowest BCUT2D eigenvalue weighted by Gasteiger charge is -2.18. The lowest BCUT2D eigenvalue weighted by atomic mass is 10.1. The zero-order valence-corrected chi connectivity index (χ0v) is 43.0. The normalized spacial score (nSPS) is 12.5. The van der Waals surface area contributed by atoms with Crippen molar-refractivity contribution in [3.63, 3.8) is 0 Å². The molecule has 0 saturated carbocycles. The molecule has 0 unspecified atom stereocenters. The summed E-state index contributed by atoms with van der Waals surface area (Å²) >= 11 is 0. The minimum Gasteiger partial charge on any atom is -0.462 e. The topological polar surface area (TPSA) is 78.9 Å². The number of unbranched alkanes of at least 4 members (excludes halogenated alkanes) is 29. The first-order valence-corrected chi connectivity index (χ1v) is 27.8. The summed E-state index contributed by atoms with van der Waals surface area (Å²) in [5.41, 5.74) is 0. The Kier molecular flexibility index (Phi) is 51.3. The van der Waals surface area contributed by atoms with Gasteiger partial charge >= 0.3 is 17.9 Å². The lowest BCUT2D eigenvalue weighted by Crippen LogP contribution is -2.30. The second-order valence-corrected chi connectivity index (χ2v) is 18.5. The molecular weight excluding hydrogens is 805 g/mol. The fraction of sp³-hybridized carbons (Fsp3) is 0.780. The van der Waals surface area contributed by atoms with Crippen molar-refractivity contribution in [3.8, 4) is 0 Å². The summed E-state index contributed by atoms with van der Waals surface area (Å²) in [6.45, 7) is 6.51. The minimum absolute atomic E-state index is 0.0847. The van der Waals surface area contributed by atoms with Crippen molar-refractivity contribution in [1.82, 2.24) is 0 Å². The molecule has 376 valence electrons. The number of allylic oxidation sites excluding steroid dienone is 10. The summed E-state index contributed by atoms with van der Waals surface area (Å²) in [5.74, 6) is -0.906. The van der Waals surface area contributed by atoms with E-state index in [1.807, 2.05) is 0 Å². The first-order valence-electron chi connectivity index (χ1n) is 27.8. The van der Waals surface area contributed by atoms with Crippen LogP contribution in [0.1, 0.15) is 278 Å². The standard InChI is InChI=1S/C59H104O6/c1-4-7-10-13-16-19-22-25-28-29-32-34-37-40-43-46-49-52-58(61)64-55-56(65-59(62)53-50-47-44-41-38-35-31-27-24-21-18-15-12-9-6-3)54-63-57(60)51-48-45-42-39-36-33-30-26-23-20-17-14-11-8-5-2/h8,11,17,20,25-28,30-31,56H,4-7,9-10,12-16,18-19,21-24,29,32-55H2,1-3H3/b11-8-,20-17-,28-25-,30-26-,31-27-/t56-/m1/s1. The Morgan fingerprint density at radius 1 is 0.323 bits per heavy atom. The number of rotatable bonds is 50. The van der Waals surface area contributed by atoms with Crippen LogP contribution in [-0.4, -0.2) is 37.2 Å². The van der Waals surface area contributed by atoms with Gasteiger partial charge in [-0.15, -0.1) is 0 Å². The van der Waals surface area contributed by atoms with Crippen molar-refractivity contribution in [2.45, 2.75) is 284 Å². The molecule has 65 heavy (non-hydrogen) atoms. The Balaban J connectivity index is 4.41. The molecule has 0 aromatic rings. The number of carbonyl (C=O) groups excluding carboxylic acids is 3. The fourth-order valence-electron chi connectivity index (χ4n) is 7.80. The second-order valence-electron chi connectivity index (χ2n) is 18.5. The third kappa shape index (κ3) is 51.9. The van der Waals surface area contributed by atoms with Crippen LogP contribution in [0.3, 0.4) is 0 Å². The molecule has 0 bridgehead atoms. The van der Waals surface area contributed by atoms with E-state index < -0.39 is 6.10 Å². The summed E-state index contributed by atoms with van der Waals surface area (Å²) in [5, 5.41) is 0. The van der Waals surface area contributed by atoms with Gasteiger partial charge in [0.1, 0.15) is 13.2 Å². The summed E-state index contributed by atoms with van der Waals surface area (Å²) in [6.07, 6.45) is 66.3. The Bertz CT molecular complexity index is 1180. The number of hydrogen-bond acceptors (Lipinski definition) is 6. The SMILES string of the molecule is CC/C=C\C/C=C\C/C=C\CCCCCCCC(=O)OC[C@H](COC(=O)CCCCCCCCC/C=C\CCCCCCCC)OC(=O)CCCCCCC/C=C\CCCCCCCC. The summed E-state index contributed by atoms with van der Waals surface area (Å²) in [7, 11) is 0. The highest BCUT2D eigenvalue weighted by Gasteiger charge is 2.19. The number of hydrogen-bond donors (Lipinski definition) is 0. The Morgan fingerprint density at radius 2 is 0.600 bits per heavy atom. The lowest BCUT2D eigenvalue weighted by molar-refractivity contribution is -0.167. The molecule has 0 amide bonds. The van der Waals surface area contributed by atoms with Gasteiger partial charge in [0, 0.05) is 19.3 Å². The van der Waals surface area contributed by atoms with Crippen LogP contribution in [0, 0.1) is 0 Å². The molecule has 0 heterocycles. The predicted octanol–water partition coefficient (Wildman–Crippen LogP) is 18.4. The van der Waals surface area contributed by atoms with Crippen molar-refractivity contribution >= 4 is 17.9 Å². The van der Waals surface area contributed by atoms with Gasteiger partial charge < -0.3 is 14.2 Å². The van der Waals surface area contributed by atoms with Gasteiger partial charge in [0.05, 0.1) is 0 Å². The van der Waals surface area contributed by atoms with E-state index in [2.05, 4.69) is 81.5 Å². The number of carbonyl (C=O) groups is 3. The van der Waals surface area contributed by atoms with E-state index >= 15 is 0 Å². The molecule has 6 nitrogen and oxygen atoms in total. The zero-order chi connectivity index (χ0) is 47.2. The average molecular weight is 909 g/mol. The van der Waals surface area contributed by atoms with E-state index in [1.165, 1.54) is 128 Å². The first kappa shape index (κ1) is 62.1. The number of esters is 3. The van der Waals surface area contributed by atoms with Crippen molar-refractivity contribution in [2.75, 3.05) is 13.2 Å². The van der Waals surface area contributed by atoms with E-state index in [0.29, 0.717) is 19.3 Å². The highest BCUT2D eigenvalue weighted by molar-refractivity contribution is 5.71. The highest BCUT2D eigenvalue weighted by Crippen LogP contribution is 2.15. The fourth-order valence-corrected chi connectivity index (χ4v) is 7.80. The Labute approximate surface area is 402 Å². The third-order valence-electron chi connectivity index (χ3n) is 12.0. The molecule has 0 N–H and O–H groups in total. The average Bonchev–Trinajstić information content (AvgIpc) is 3.30. The zero-order valence-electron chi connectivity index (χ0n) is 43.0.